The molecule has 13 heavy (non-hydrogen) atoms. The van der Waals surface area contributed by atoms with Crippen LogP contribution in [0.2, 0.25) is 0 Å². The van der Waals surface area contributed by atoms with E-state index < -0.39 is 10.8 Å². The van der Waals surface area contributed by atoms with Crippen LogP contribution in [0.4, 0.5) is 0 Å². The maximum atomic E-state index is 11.6. The molecule has 4 heteroatoms. The Hall–Kier alpha value is 0.0700. The number of hydrogen-bond donors (Lipinski definition) is 1. The molecule has 0 heterocycles. The molecule has 3 atom stereocenters. The molecule has 0 amide bonds. The minimum atomic E-state index is -0.739. The van der Waals surface area contributed by atoms with Crippen LogP contribution in [-0.4, -0.2) is 42.0 Å². The Balaban J connectivity index is 3.69. The smallest absolute Gasteiger partial charge is 0.0471 e. The number of ether oxygens (including phenoxy) is 1. The van der Waals surface area contributed by atoms with Crippen molar-refractivity contribution in [3.05, 3.63) is 0 Å². The van der Waals surface area contributed by atoms with Crippen LogP contribution in [0.25, 0.3) is 0 Å². The van der Waals surface area contributed by atoms with Crippen LogP contribution >= 0.6 is 0 Å². The van der Waals surface area contributed by atoms with E-state index in [1.54, 1.807) is 7.11 Å². The summed E-state index contributed by atoms with van der Waals surface area (Å²) < 4.78 is 16.5. The lowest BCUT2D eigenvalue weighted by atomic mass is 10.3. The third-order valence-electron chi connectivity index (χ3n) is 2.27. The zero-order valence-electron chi connectivity index (χ0n) is 9.00. The average Bonchev–Trinajstić information content (AvgIpc) is 2.15. The predicted molar refractivity (Wildman–Crippen MR) is 57.5 cm³/mol. The van der Waals surface area contributed by atoms with Gasteiger partial charge >= 0.3 is 0 Å². The highest BCUT2D eigenvalue weighted by molar-refractivity contribution is 7.85. The topological polar surface area (TPSA) is 38.3 Å². The monoisotopic (exact) mass is 207 g/mol. The molecule has 0 aliphatic heterocycles. The minimum absolute atomic E-state index is 0.210. The van der Waals surface area contributed by atoms with Gasteiger partial charge in [-0.2, -0.15) is 0 Å². The van der Waals surface area contributed by atoms with E-state index in [0.29, 0.717) is 12.6 Å². The van der Waals surface area contributed by atoms with Gasteiger partial charge in [-0.3, -0.25) is 4.21 Å². The first-order chi connectivity index (χ1) is 6.13. The van der Waals surface area contributed by atoms with E-state index in [2.05, 4.69) is 12.2 Å². The summed E-state index contributed by atoms with van der Waals surface area (Å²) in [4.78, 5) is 0. The third-order valence-corrected chi connectivity index (χ3v) is 4.20. The molecule has 0 aromatic carbocycles. The zero-order chi connectivity index (χ0) is 10.3. The Morgan fingerprint density at radius 1 is 1.46 bits per heavy atom. The molecule has 0 aromatic rings. The number of methoxy groups -OCH3 is 1. The van der Waals surface area contributed by atoms with Crippen LogP contribution in [0, 0.1) is 0 Å². The molecule has 0 rings (SSSR count). The average molecular weight is 207 g/mol. The maximum Gasteiger partial charge on any atom is 0.0471 e. The van der Waals surface area contributed by atoms with Gasteiger partial charge in [0.15, 0.2) is 0 Å². The van der Waals surface area contributed by atoms with Crippen molar-refractivity contribution in [3.8, 4) is 0 Å². The Kier molecular flexibility index (Phi) is 7.51. The van der Waals surface area contributed by atoms with Crippen molar-refractivity contribution in [2.45, 2.75) is 31.6 Å². The Bertz CT molecular complexity index is 153. The van der Waals surface area contributed by atoms with Gasteiger partial charge < -0.3 is 10.1 Å². The van der Waals surface area contributed by atoms with E-state index in [-0.39, 0.29) is 5.25 Å². The van der Waals surface area contributed by atoms with Gasteiger partial charge in [0.05, 0.1) is 0 Å². The summed E-state index contributed by atoms with van der Waals surface area (Å²) in [6.45, 7) is 4.77. The Labute approximate surface area is 83.7 Å². The minimum Gasteiger partial charge on any atom is -0.385 e. The van der Waals surface area contributed by atoms with Gasteiger partial charge in [0, 0.05) is 41.6 Å². The second-order valence-electron chi connectivity index (χ2n) is 3.21. The van der Waals surface area contributed by atoms with Crippen molar-refractivity contribution >= 4 is 10.8 Å². The van der Waals surface area contributed by atoms with Gasteiger partial charge in [0.2, 0.25) is 0 Å². The molecule has 0 bridgehead atoms. The molecular formula is C9H21NO2S. The fourth-order valence-corrected chi connectivity index (χ4v) is 2.36. The van der Waals surface area contributed by atoms with Gasteiger partial charge in [-0.05, 0) is 27.3 Å². The number of nitrogens with one attached hydrogen (secondary N) is 1. The SMILES string of the molecule is CNC(C)C(C)S(=O)CCCOC. The molecule has 3 unspecified atom stereocenters. The molecule has 0 aliphatic rings. The third kappa shape index (κ3) is 5.39. The molecule has 1 N–H and O–H groups in total. The standard InChI is InChI=1S/C9H21NO2S/c1-8(10-3)9(2)13(11)7-5-6-12-4/h8-10H,5-7H2,1-4H3. The second kappa shape index (κ2) is 7.47. The van der Waals surface area contributed by atoms with E-state index in [1.165, 1.54) is 0 Å². The van der Waals surface area contributed by atoms with Crippen LogP contribution in [0.3, 0.4) is 0 Å². The van der Waals surface area contributed by atoms with Crippen LogP contribution in [-0.2, 0) is 15.5 Å². The summed E-state index contributed by atoms with van der Waals surface area (Å²) in [7, 11) is 2.83. The summed E-state index contributed by atoms with van der Waals surface area (Å²) in [5, 5.41) is 3.32. The van der Waals surface area contributed by atoms with Gasteiger partial charge in [0.1, 0.15) is 0 Å². The summed E-state index contributed by atoms with van der Waals surface area (Å²) >= 11 is 0. The first kappa shape index (κ1) is 13.1. The van der Waals surface area contributed by atoms with Gasteiger partial charge in [0.25, 0.3) is 0 Å². The quantitative estimate of drug-likeness (QED) is 0.627. The van der Waals surface area contributed by atoms with Gasteiger partial charge in [-0.25, -0.2) is 0 Å². The van der Waals surface area contributed by atoms with Crippen molar-refractivity contribution in [2.75, 3.05) is 26.5 Å². The molecule has 3 nitrogen and oxygen atoms in total. The zero-order valence-corrected chi connectivity index (χ0v) is 9.82. The largest absolute Gasteiger partial charge is 0.385 e. The van der Waals surface area contributed by atoms with Crippen molar-refractivity contribution in [3.63, 3.8) is 0 Å². The molecule has 0 saturated heterocycles. The van der Waals surface area contributed by atoms with Crippen molar-refractivity contribution in [2.24, 2.45) is 0 Å². The first-order valence-electron chi connectivity index (χ1n) is 4.66. The Morgan fingerprint density at radius 2 is 2.08 bits per heavy atom. The molecule has 0 radical (unpaired) electrons. The van der Waals surface area contributed by atoms with Crippen LogP contribution < -0.4 is 5.32 Å². The van der Waals surface area contributed by atoms with E-state index in [1.807, 2.05) is 14.0 Å². The van der Waals surface area contributed by atoms with Gasteiger partial charge in [-0.15, -0.1) is 0 Å². The van der Waals surface area contributed by atoms with E-state index in [0.717, 1.165) is 12.2 Å². The molecular weight excluding hydrogens is 186 g/mol. The van der Waals surface area contributed by atoms with Crippen molar-refractivity contribution < 1.29 is 8.95 Å². The fourth-order valence-electron chi connectivity index (χ4n) is 0.994. The van der Waals surface area contributed by atoms with E-state index >= 15 is 0 Å². The lowest BCUT2D eigenvalue weighted by Crippen LogP contribution is -2.36. The summed E-state index contributed by atoms with van der Waals surface area (Å²) in [6.07, 6.45) is 0.879. The molecule has 0 aromatic heterocycles. The van der Waals surface area contributed by atoms with E-state index in [9.17, 15) is 4.21 Å². The first-order valence-corrected chi connectivity index (χ1v) is 6.05. The summed E-state index contributed by atoms with van der Waals surface area (Å²) in [6, 6.07) is 0.309. The van der Waals surface area contributed by atoms with Crippen molar-refractivity contribution in [1.29, 1.82) is 0 Å². The van der Waals surface area contributed by atoms with Crippen molar-refractivity contribution in [1.82, 2.24) is 5.32 Å². The molecule has 0 spiro atoms. The molecule has 0 fully saturated rings. The highest BCUT2D eigenvalue weighted by atomic mass is 32.2. The lowest BCUT2D eigenvalue weighted by Gasteiger charge is -2.18. The van der Waals surface area contributed by atoms with Gasteiger partial charge in [-0.1, -0.05) is 0 Å². The molecule has 80 valence electrons. The van der Waals surface area contributed by atoms with E-state index in [4.69, 9.17) is 4.74 Å². The Morgan fingerprint density at radius 3 is 2.54 bits per heavy atom. The highest BCUT2D eigenvalue weighted by Gasteiger charge is 2.16. The summed E-state index contributed by atoms with van der Waals surface area (Å²) in [5.41, 5.74) is 0. The normalized spacial score (nSPS) is 18.2. The predicted octanol–water partition coefficient (Wildman–Crippen LogP) is 0.768. The van der Waals surface area contributed by atoms with Crippen LogP contribution in [0.15, 0.2) is 0 Å². The molecule has 0 aliphatic carbocycles. The highest BCUT2D eigenvalue weighted by Crippen LogP contribution is 2.03. The molecule has 0 saturated carbocycles. The number of rotatable bonds is 7. The van der Waals surface area contributed by atoms with Crippen LogP contribution in [0.1, 0.15) is 20.3 Å². The maximum absolute atomic E-state index is 11.6. The number of hydrogen-bond acceptors (Lipinski definition) is 3. The second-order valence-corrected chi connectivity index (χ2v) is 5.13. The fraction of sp³-hybridized carbons (Fsp3) is 1.00. The van der Waals surface area contributed by atoms with Crippen LogP contribution in [0.5, 0.6) is 0 Å². The lowest BCUT2D eigenvalue weighted by molar-refractivity contribution is 0.200. The summed E-state index contributed by atoms with van der Waals surface area (Å²) in [5.74, 6) is 0.737.